The molecule has 186 valence electrons. The zero-order valence-electron chi connectivity index (χ0n) is 20.5. The number of hydrogen-bond acceptors (Lipinski definition) is 6. The molecular weight excluding hydrogens is 466 g/mol. The van der Waals surface area contributed by atoms with Crippen molar-refractivity contribution in [2.45, 2.75) is 51.9 Å². The quantitative estimate of drug-likeness (QED) is 0.169. The molecule has 8 heteroatoms. The van der Waals surface area contributed by atoms with Crippen LogP contribution in [-0.2, 0) is 35.5 Å². The van der Waals surface area contributed by atoms with Gasteiger partial charge in [0.1, 0.15) is 5.57 Å². The molecule has 3 rings (SSSR count). The Morgan fingerprint density at radius 1 is 0.914 bits per heavy atom. The Hall–Kier alpha value is -3.39. The van der Waals surface area contributed by atoms with Crippen LogP contribution in [0.2, 0.25) is 0 Å². The van der Waals surface area contributed by atoms with Gasteiger partial charge < -0.3 is 9.47 Å². The van der Waals surface area contributed by atoms with Crippen LogP contribution in [-0.4, -0.2) is 37.5 Å². The maximum Gasteiger partial charge on any atom is 0.345 e. The molecule has 0 N–H and O–H groups in total. The van der Waals surface area contributed by atoms with Crippen molar-refractivity contribution < 1.29 is 27.5 Å². The zero-order chi connectivity index (χ0) is 25.6. The fourth-order valence-corrected chi connectivity index (χ4v) is 5.47. The predicted molar refractivity (Wildman–Crippen MR) is 136 cm³/mol. The average Bonchev–Trinajstić information content (AvgIpc) is 3.15. The van der Waals surface area contributed by atoms with E-state index in [-0.39, 0.29) is 23.7 Å². The summed E-state index contributed by atoms with van der Waals surface area (Å²) in [6.07, 6.45) is 3.39. The lowest BCUT2D eigenvalue weighted by atomic mass is 10.0. The molecule has 0 saturated carbocycles. The third kappa shape index (κ3) is 5.48. The number of aromatic nitrogens is 1. The first-order valence-corrected chi connectivity index (χ1v) is 13.2. The highest BCUT2D eigenvalue weighted by Crippen LogP contribution is 2.33. The molecule has 0 aliphatic heterocycles. The summed E-state index contributed by atoms with van der Waals surface area (Å²) in [5.41, 5.74) is 2.13. The standard InChI is InChI=1S/C27H31NO6S/c1-5-8-12-25-22(18-23(26(29)33-6-2)27(30)34-7-3)21-11-9-10-13-24(21)28(25)35(31,32)20-16-14-19(4)15-17-20/h9-11,13-18H,5-8,12H2,1-4H3. The molecule has 0 fully saturated rings. The lowest BCUT2D eigenvalue weighted by Crippen LogP contribution is -2.19. The lowest BCUT2D eigenvalue weighted by molar-refractivity contribution is -0.146. The van der Waals surface area contributed by atoms with Crippen LogP contribution in [0.15, 0.2) is 59.0 Å². The molecule has 1 aromatic heterocycles. The third-order valence-electron chi connectivity index (χ3n) is 5.57. The van der Waals surface area contributed by atoms with Gasteiger partial charge in [0.15, 0.2) is 0 Å². The summed E-state index contributed by atoms with van der Waals surface area (Å²) in [6, 6.07) is 13.7. The van der Waals surface area contributed by atoms with Crippen molar-refractivity contribution >= 4 is 38.9 Å². The summed E-state index contributed by atoms with van der Waals surface area (Å²) in [5, 5.41) is 0.611. The third-order valence-corrected chi connectivity index (χ3v) is 7.34. The number of rotatable bonds is 10. The topological polar surface area (TPSA) is 91.7 Å². The van der Waals surface area contributed by atoms with Crippen LogP contribution in [0.25, 0.3) is 17.0 Å². The van der Waals surface area contributed by atoms with E-state index < -0.39 is 22.0 Å². The molecule has 0 saturated heterocycles. The van der Waals surface area contributed by atoms with Crippen molar-refractivity contribution in [1.29, 1.82) is 0 Å². The summed E-state index contributed by atoms with van der Waals surface area (Å²) in [7, 11) is -3.96. The summed E-state index contributed by atoms with van der Waals surface area (Å²) in [5.74, 6) is -1.63. The monoisotopic (exact) mass is 497 g/mol. The van der Waals surface area contributed by atoms with Crippen LogP contribution < -0.4 is 0 Å². The van der Waals surface area contributed by atoms with Crippen LogP contribution >= 0.6 is 0 Å². The Morgan fingerprint density at radius 3 is 2.09 bits per heavy atom. The first kappa shape index (κ1) is 26.2. The van der Waals surface area contributed by atoms with E-state index >= 15 is 0 Å². The predicted octanol–water partition coefficient (Wildman–Crippen LogP) is 5.04. The van der Waals surface area contributed by atoms with Gasteiger partial charge in [-0.15, -0.1) is 0 Å². The largest absolute Gasteiger partial charge is 0.462 e. The van der Waals surface area contributed by atoms with E-state index in [1.165, 1.54) is 10.0 Å². The fourth-order valence-electron chi connectivity index (χ4n) is 3.88. The Labute approximate surface area is 206 Å². The number of nitrogens with zero attached hydrogens (tertiary/aromatic N) is 1. The van der Waals surface area contributed by atoms with Crippen molar-refractivity contribution in [1.82, 2.24) is 3.97 Å². The van der Waals surface area contributed by atoms with Crippen LogP contribution in [0, 0.1) is 6.92 Å². The molecule has 0 radical (unpaired) electrons. The average molecular weight is 498 g/mol. The summed E-state index contributed by atoms with van der Waals surface area (Å²) < 4.78 is 39.3. The molecule has 0 aliphatic rings. The maximum absolute atomic E-state index is 13.9. The number of carbonyl (C=O) groups is 2. The molecule has 3 aromatic rings. The SMILES string of the molecule is CCCCc1c(C=C(C(=O)OCC)C(=O)OCC)c2ccccc2n1S(=O)(=O)c1ccc(C)cc1. The van der Waals surface area contributed by atoms with E-state index in [2.05, 4.69) is 0 Å². The molecule has 0 spiro atoms. The normalized spacial score (nSPS) is 11.3. The molecular formula is C27H31NO6S. The van der Waals surface area contributed by atoms with E-state index in [4.69, 9.17) is 9.47 Å². The minimum absolute atomic E-state index is 0.0852. The van der Waals surface area contributed by atoms with E-state index in [1.807, 2.05) is 13.8 Å². The zero-order valence-corrected chi connectivity index (χ0v) is 21.4. The van der Waals surface area contributed by atoms with Crippen molar-refractivity contribution in [3.8, 4) is 0 Å². The minimum Gasteiger partial charge on any atom is -0.462 e. The molecule has 7 nitrogen and oxygen atoms in total. The van der Waals surface area contributed by atoms with Gasteiger partial charge >= 0.3 is 11.9 Å². The summed E-state index contributed by atoms with van der Waals surface area (Å²) in [6.45, 7) is 7.37. The van der Waals surface area contributed by atoms with E-state index in [9.17, 15) is 18.0 Å². The molecule has 0 unspecified atom stereocenters. The highest BCUT2D eigenvalue weighted by atomic mass is 32.2. The second-order valence-electron chi connectivity index (χ2n) is 8.06. The van der Waals surface area contributed by atoms with Crippen LogP contribution in [0.1, 0.15) is 50.4 Å². The number of aryl methyl sites for hydroxylation is 1. The van der Waals surface area contributed by atoms with Crippen LogP contribution in [0.4, 0.5) is 0 Å². The number of unbranched alkanes of at least 4 members (excludes halogenated alkanes) is 1. The smallest absolute Gasteiger partial charge is 0.345 e. The highest BCUT2D eigenvalue weighted by Gasteiger charge is 2.28. The van der Waals surface area contributed by atoms with Crippen LogP contribution in [0.5, 0.6) is 0 Å². The van der Waals surface area contributed by atoms with Gasteiger partial charge in [0.05, 0.1) is 23.6 Å². The molecule has 0 amide bonds. The Bertz CT molecular complexity index is 1330. The van der Waals surface area contributed by atoms with Gasteiger partial charge in [-0.1, -0.05) is 49.2 Å². The Balaban J connectivity index is 2.37. The van der Waals surface area contributed by atoms with Crippen LogP contribution in [0.3, 0.4) is 0 Å². The fraction of sp³-hybridized carbons (Fsp3) is 0.333. The molecule has 0 atom stereocenters. The first-order valence-electron chi connectivity index (χ1n) is 11.8. The van der Waals surface area contributed by atoms with Crippen molar-refractivity contribution in [2.24, 2.45) is 0 Å². The van der Waals surface area contributed by atoms with Gasteiger partial charge in [0.2, 0.25) is 0 Å². The maximum atomic E-state index is 13.9. The van der Waals surface area contributed by atoms with E-state index in [0.717, 1.165) is 12.0 Å². The van der Waals surface area contributed by atoms with E-state index in [0.29, 0.717) is 35.0 Å². The van der Waals surface area contributed by atoms with Crippen molar-refractivity contribution in [3.05, 3.63) is 70.9 Å². The number of fused-ring (bicyclic) bond motifs is 1. The van der Waals surface area contributed by atoms with E-state index in [1.54, 1.807) is 62.4 Å². The minimum atomic E-state index is -3.96. The number of carbonyl (C=O) groups excluding carboxylic acids is 2. The second-order valence-corrected chi connectivity index (χ2v) is 9.85. The second kappa shape index (κ2) is 11.4. The number of para-hydroxylation sites is 1. The first-order chi connectivity index (χ1) is 16.8. The van der Waals surface area contributed by atoms with Gasteiger partial charge in [0.25, 0.3) is 10.0 Å². The van der Waals surface area contributed by atoms with Crippen molar-refractivity contribution in [3.63, 3.8) is 0 Å². The Kier molecular flexibility index (Phi) is 8.51. The lowest BCUT2D eigenvalue weighted by Gasteiger charge is -2.13. The van der Waals surface area contributed by atoms with Gasteiger partial charge in [-0.3, -0.25) is 0 Å². The molecule has 2 aromatic carbocycles. The number of esters is 2. The number of hydrogen-bond donors (Lipinski definition) is 0. The summed E-state index contributed by atoms with van der Waals surface area (Å²) >= 11 is 0. The molecule has 35 heavy (non-hydrogen) atoms. The summed E-state index contributed by atoms with van der Waals surface area (Å²) in [4.78, 5) is 25.5. The highest BCUT2D eigenvalue weighted by molar-refractivity contribution is 7.90. The Morgan fingerprint density at radius 2 is 1.51 bits per heavy atom. The van der Waals surface area contributed by atoms with Gasteiger partial charge in [-0.05, 0) is 57.9 Å². The number of benzene rings is 2. The molecule has 0 bridgehead atoms. The molecule has 0 aliphatic carbocycles. The van der Waals surface area contributed by atoms with Crippen molar-refractivity contribution in [2.75, 3.05) is 13.2 Å². The van der Waals surface area contributed by atoms with Gasteiger partial charge in [-0.2, -0.15) is 0 Å². The number of ether oxygens (including phenoxy) is 2. The van der Waals surface area contributed by atoms with Gasteiger partial charge in [0, 0.05) is 16.6 Å². The molecule has 1 heterocycles. The van der Waals surface area contributed by atoms with Gasteiger partial charge in [-0.25, -0.2) is 22.0 Å².